The van der Waals surface area contributed by atoms with Gasteiger partial charge in [0.25, 0.3) is 0 Å². The summed E-state index contributed by atoms with van der Waals surface area (Å²) in [5.41, 5.74) is 0.625. The van der Waals surface area contributed by atoms with Gasteiger partial charge in [-0.25, -0.2) is 0 Å². The van der Waals surface area contributed by atoms with E-state index in [4.69, 9.17) is 4.74 Å². The Morgan fingerprint density at radius 3 is 2.17 bits per heavy atom. The first-order chi connectivity index (χ1) is 8.46. The SMILES string of the molecule is CC(C)(C)Oc1ccc(C(=O)C2CCCC2)cc1. The molecule has 0 saturated heterocycles. The third-order valence-electron chi connectivity index (χ3n) is 3.29. The molecule has 0 bridgehead atoms. The van der Waals surface area contributed by atoms with E-state index in [0.717, 1.165) is 24.2 Å². The van der Waals surface area contributed by atoms with Crippen molar-refractivity contribution in [2.45, 2.75) is 52.1 Å². The normalized spacial score (nSPS) is 16.8. The Balaban J connectivity index is 2.05. The predicted molar refractivity (Wildman–Crippen MR) is 73.1 cm³/mol. The number of ketones is 1. The van der Waals surface area contributed by atoms with E-state index in [0.29, 0.717) is 5.78 Å². The first-order valence-electron chi connectivity index (χ1n) is 6.79. The fourth-order valence-corrected chi connectivity index (χ4v) is 2.46. The minimum atomic E-state index is -0.197. The number of benzene rings is 1. The Morgan fingerprint density at radius 1 is 1.11 bits per heavy atom. The molecule has 0 N–H and O–H groups in total. The Morgan fingerprint density at radius 2 is 1.67 bits per heavy atom. The van der Waals surface area contributed by atoms with Crippen molar-refractivity contribution in [1.82, 2.24) is 0 Å². The summed E-state index contributed by atoms with van der Waals surface area (Å²) in [4.78, 5) is 12.2. The molecule has 0 aliphatic heterocycles. The molecule has 2 rings (SSSR count). The van der Waals surface area contributed by atoms with Crippen LogP contribution in [0.4, 0.5) is 0 Å². The van der Waals surface area contributed by atoms with E-state index < -0.39 is 0 Å². The second-order valence-corrected chi connectivity index (χ2v) is 6.08. The summed E-state index contributed by atoms with van der Waals surface area (Å²) in [5, 5.41) is 0. The molecule has 0 radical (unpaired) electrons. The van der Waals surface area contributed by atoms with Crippen molar-refractivity contribution in [2.75, 3.05) is 0 Å². The van der Waals surface area contributed by atoms with Gasteiger partial charge in [0.15, 0.2) is 5.78 Å². The highest BCUT2D eigenvalue weighted by Gasteiger charge is 2.23. The molecule has 2 heteroatoms. The molecule has 1 saturated carbocycles. The Labute approximate surface area is 109 Å². The maximum absolute atomic E-state index is 12.2. The number of Topliss-reactive ketones (excluding diaryl/α,β-unsaturated/α-hetero) is 1. The van der Waals surface area contributed by atoms with Crippen LogP contribution >= 0.6 is 0 Å². The smallest absolute Gasteiger partial charge is 0.165 e. The van der Waals surface area contributed by atoms with Crippen LogP contribution in [-0.2, 0) is 0 Å². The van der Waals surface area contributed by atoms with Crippen LogP contribution in [0.2, 0.25) is 0 Å². The molecule has 1 aliphatic carbocycles. The van der Waals surface area contributed by atoms with Gasteiger partial charge in [-0.1, -0.05) is 12.8 Å². The van der Waals surface area contributed by atoms with Gasteiger partial charge in [-0.05, 0) is 57.9 Å². The zero-order valence-corrected chi connectivity index (χ0v) is 11.5. The van der Waals surface area contributed by atoms with Gasteiger partial charge in [0.05, 0.1) is 0 Å². The topological polar surface area (TPSA) is 26.3 Å². The maximum Gasteiger partial charge on any atom is 0.165 e. The fraction of sp³-hybridized carbons (Fsp3) is 0.562. The minimum Gasteiger partial charge on any atom is -0.488 e. The van der Waals surface area contributed by atoms with Crippen molar-refractivity contribution in [3.63, 3.8) is 0 Å². The summed E-state index contributed by atoms with van der Waals surface area (Å²) in [6.07, 6.45) is 4.50. The molecule has 1 aromatic carbocycles. The van der Waals surface area contributed by atoms with Crippen LogP contribution in [0.25, 0.3) is 0 Å². The molecule has 0 heterocycles. The summed E-state index contributed by atoms with van der Waals surface area (Å²) in [5.74, 6) is 1.37. The van der Waals surface area contributed by atoms with Crippen LogP contribution in [0.1, 0.15) is 56.8 Å². The largest absolute Gasteiger partial charge is 0.488 e. The molecule has 1 fully saturated rings. The number of carbonyl (C=O) groups excluding carboxylic acids is 1. The van der Waals surface area contributed by atoms with Crippen LogP contribution in [0.3, 0.4) is 0 Å². The molecular weight excluding hydrogens is 224 g/mol. The van der Waals surface area contributed by atoms with Gasteiger partial charge in [-0.3, -0.25) is 4.79 Å². The van der Waals surface area contributed by atoms with Gasteiger partial charge in [0.2, 0.25) is 0 Å². The molecule has 2 nitrogen and oxygen atoms in total. The standard InChI is InChI=1S/C16H22O2/c1-16(2,3)18-14-10-8-13(9-11-14)15(17)12-6-4-5-7-12/h8-12H,4-7H2,1-3H3. The van der Waals surface area contributed by atoms with Gasteiger partial charge < -0.3 is 4.74 Å². The Kier molecular flexibility index (Phi) is 3.74. The van der Waals surface area contributed by atoms with Crippen LogP contribution in [0.5, 0.6) is 5.75 Å². The predicted octanol–water partition coefficient (Wildman–Crippen LogP) is 4.24. The summed E-state index contributed by atoms with van der Waals surface area (Å²) in [7, 11) is 0. The Hall–Kier alpha value is -1.31. The Bertz CT molecular complexity index is 406. The third kappa shape index (κ3) is 3.34. The monoisotopic (exact) mass is 246 g/mol. The van der Waals surface area contributed by atoms with E-state index >= 15 is 0 Å². The third-order valence-corrected chi connectivity index (χ3v) is 3.29. The van der Waals surface area contributed by atoms with Crippen molar-refractivity contribution in [1.29, 1.82) is 0 Å². The first-order valence-corrected chi connectivity index (χ1v) is 6.79. The molecule has 0 amide bonds. The van der Waals surface area contributed by atoms with Gasteiger partial charge in [0, 0.05) is 11.5 Å². The van der Waals surface area contributed by atoms with Gasteiger partial charge in [0.1, 0.15) is 11.4 Å². The second kappa shape index (κ2) is 5.13. The van der Waals surface area contributed by atoms with Crippen molar-refractivity contribution in [2.24, 2.45) is 5.92 Å². The van der Waals surface area contributed by atoms with Gasteiger partial charge in [-0.15, -0.1) is 0 Å². The van der Waals surface area contributed by atoms with E-state index in [9.17, 15) is 4.79 Å². The first kappa shape index (κ1) is 13.1. The molecule has 1 aromatic rings. The fourth-order valence-electron chi connectivity index (χ4n) is 2.46. The number of carbonyl (C=O) groups is 1. The van der Waals surface area contributed by atoms with E-state index in [-0.39, 0.29) is 11.5 Å². The van der Waals surface area contributed by atoms with E-state index in [2.05, 4.69) is 0 Å². The van der Waals surface area contributed by atoms with Crippen molar-refractivity contribution in [3.05, 3.63) is 29.8 Å². The zero-order chi connectivity index (χ0) is 13.2. The number of hydrogen-bond acceptors (Lipinski definition) is 2. The summed E-state index contributed by atoms with van der Waals surface area (Å²) >= 11 is 0. The quantitative estimate of drug-likeness (QED) is 0.746. The second-order valence-electron chi connectivity index (χ2n) is 6.08. The lowest BCUT2D eigenvalue weighted by atomic mass is 9.96. The average molecular weight is 246 g/mol. The molecular formula is C16H22O2. The molecule has 18 heavy (non-hydrogen) atoms. The molecule has 0 atom stereocenters. The highest BCUT2D eigenvalue weighted by Crippen LogP contribution is 2.28. The lowest BCUT2D eigenvalue weighted by Gasteiger charge is -2.21. The highest BCUT2D eigenvalue weighted by molar-refractivity contribution is 5.98. The van der Waals surface area contributed by atoms with Gasteiger partial charge in [-0.2, -0.15) is 0 Å². The number of ether oxygens (including phenoxy) is 1. The van der Waals surface area contributed by atoms with Crippen LogP contribution in [0.15, 0.2) is 24.3 Å². The zero-order valence-electron chi connectivity index (χ0n) is 11.5. The summed E-state index contributed by atoms with van der Waals surface area (Å²) in [6.45, 7) is 6.06. The van der Waals surface area contributed by atoms with Crippen molar-refractivity contribution < 1.29 is 9.53 Å². The number of hydrogen-bond donors (Lipinski definition) is 0. The molecule has 0 aromatic heterocycles. The van der Waals surface area contributed by atoms with E-state index in [1.54, 1.807) is 0 Å². The number of rotatable bonds is 3. The lowest BCUT2D eigenvalue weighted by molar-refractivity contribution is 0.0922. The molecule has 98 valence electrons. The van der Waals surface area contributed by atoms with Crippen LogP contribution in [-0.4, -0.2) is 11.4 Å². The van der Waals surface area contributed by atoms with Gasteiger partial charge >= 0.3 is 0 Å². The van der Waals surface area contributed by atoms with Crippen molar-refractivity contribution >= 4 is 5.78 Å². The van der Waals surface area contributed by atoms with Crippen molar-refractivity contribution in [3.8, 4) is 5.75 Å². The van der Waals surface area contributed by atoms with E-state index in [1.807, 2.05) is 45.0 Å². The molecule has 0 unspecified atom stereocenters. The highest BCUT2D eigenvalue weighted by atomic mass is 16.5. The van der Waals surface area contributed by atoms with E-state index in [1.165, 1.54) is 12.8 Å². The maximum atomic E-state index is 12.2. The minimum absolute atomic E-state index is 0.197. The molecule has 1 aliphatic rings. The summed E-state index contributed by atoms with van der Waals surface area (Å²) in [6, 6.07) is 7.57. The van der Waals surface area contributed by atoms with Crippen LogP contribution in [0, 0.1) is 5.92 Å². The summed E-state index contributed by atoms with van der Waals surface area (Å²) < 4.78 is 5.75. The molecule has 0 spiro atoms. The van der Waals surface area contributed by atoms with Crippen LogP contribution < -0.4 is 4.74 Å². The average Bonchev–Trinajstić information content (AvgIpc) is 2.80. The lowest BCUT2D eigenvalue weighted by Crippen LogP contribution is -2.23.